The number of hydrogen-bond acceptors (Lipinski definition) is 10. The van der Waals surface area contributed by atoms with E-state index in [9.17, 15) is 39.5 Å². The van der Waals surface area contributed by atoms with Crippen LogP contribution in [0, 0.1) is 38.7 Å². The third-order valence-electron chi connectivity index (χ3n) is 9.61. The fraction of sp³-hybridized carbons (Fsp3) is 0.704. The van der Waals surface area contributed by atoms with Crippen LogP contribution in [0.4, 0.5) is 0 Å². The SMILES string of the molecule is C[C@]12C=CC(=O)CC1=CC[C@@H]1[C@@H]2[C@@H](O)C[C@@]2(C)[C@H]1CC[C@]2(O)C(=O)COC(=O)CNC(=O)CCCO[N+](=O)[O-]. The van der Waals surface area contributed by atoms with Crippen LogP contribution in [0.5, 0.6) is 0 Å². The molecule has 0 bridgehead atoms. The van der Waals surface area contributed by atoms with E-state index in [1.807, 2.05) is 13.0 Å². The van der Waals surface area contributed by atoms with Crippen LogP contribution >= 0.6 is 0 Å². The van der Waals surface area contributed by atoms with Crippen LogP contribution in [-0.4, -0.2) is 70.2 Å². The predicted molar refractivity (Wildman–Crippen MR) is 134 cm³/mol. The van der Waals surface area contributed by atoms with Crippen LogP contribution in [0.15, 0.2) is 23.8 Å². The summed E-state index contributed by atoms with van der Waals surface area (Å²) < 4.78 is 5.05. The van der Waals surface area contributed by atoms with Gasteiger partial charge in [-0.1, -0.05) is 31.6 Å². The molecule has 2 saturated carbocycles. The van der Waals surface area contributed by atoms with Crippen molar-refractivity contribution in [2.75, 3.05) is 19.8 Å². The summed E-state index contributed by atoms with van der Waals surface area (Å²) >= 11 is 0. The average Bonchev–Trinajstić information content (AvgIpc) is 3.14. The highest BCUT2D eigenvalue weighted by Crippen LogP contribution is 2.66. The third kappa shape index (κ3) is 5.23. The topological polar surface area (TPSA) is 182 Å². The zero-order chi connectivity index (χ0) is 28.6. The maximum absolute atomic E-state index is 13.3. The minimum absolute atomic E-state index is 0.0145. The van der Waals surface area contributed by atoms with E-state index in [0.29, 0.717) is 19.3 Å². The predicted octanol–water partition coefficient (Wildman–Crippen LogP) is 1.21. The van der Waals surface area contributed by atoms with E-state index in [1.165, 1.54) is 0 Å². The lowest BCUT2D eigenvalue weighted by molar-refractivity contribution is -0.757. The van der Waals surface area contributed by atoms with Crippen LogP contribution < -0.4 is 5.32 Å². The molecule has 0 aromatic rings. The molecule has 0 saturated heterocycles. The number of ether oxygens (including phenoxy) is 1. The van der Waals surface area contributed by atoms with E-state index in [1.54, 1.807) is 6.08 Å². The molecule has 0 spiro atoms. The summed E-state index contributed by atoms with van der Waals surface area (Å²) in [6, 6.07) is 0. The number of carbonyl (C=O) groups excluding carboxylic acids is 4. The molecule has 3 N–H and O–H groups in total. The normalized spacial score (nSPS) is 36.6. The molecule has 4 aliphatic rings. The van der Waals surface area contributed by atoms with E-state index in [0.717, 1.165) is 5.57 Å². The number of allylic oxidation sites excluding steroid dienone is 4. The van der Waals surface area contributed by atoms with Crippen molar-refractivity contribution in [2.45, 2.75) is 70.5 Å². The molecule has 214 valence electrons. The van der Waals surface area contributed by atoms with E-state index in [4.69, 9.17) is 4.74 Å². The van der Waals surface area contributed by atoms with E-state index in [-0.39, 0.29) is 55.8 Å². The van der Waals surface area contributed by atoms with E-state index in [2.05, 4.69) is 23.2 Å². The third-order valence-corrected chi connectivity index (χ3v) is 9.61. The summed E-state index contributed by atoms with van der Waals surface area (Å²) in [5.41, 5.74) is -2.14. The van der Waals surface area contributed by atoms with Crippen LogP contribution in [0.2, 0.25) is 0 Å². The number of carbonyl (C=O) groups is 4. The molecule has 1 amide bonds. The van der Waals surface area contributed by atoms with Gasteiger partial charge in [0.1, 0.15) is 12.1 Å². The van der Waals surface area contributed by atoms with Crippen molar-refractivity contribution >= 4 is 23.4 Å². The number of ketones is 2. The van der Waals surface area contributed by atoms with Crippen LogP contribution in [0.25, 0.3) is 0 Å². The Morgan fingerprint density at radius 1 is 1.28 bits per heavy atom. The van der Waals surface area contributed by atoms with Crippen molar-refractivity contribution in [3.63, 3.8) is 0 Å². The van der Waals surface area contributed by atoms with Crippen LogP contribution in [-0.2, 0) is 28.8 Å². The zero-order valence-corrected chi connectivity index (χ0v) is 22.2. The van der Waals surface area contributed by atoms with Crippen molar-refractivity contribution in [1.29, 1.82) is 0 Å². The Morgan fingerprint density at radius 2 is 2.03 bits per heavy atom. The quantitative estimate of drug-likeness (QED) is 0.118. The fourth-order valence-corrected chi connectivity index (χ4v) is 7.65. The molecule has 0 aliphatic heterocycles. The maximum Gasteiger partial charge on any atom is 0.325 e. The molecule has 0 aromatic carbocycles. The molecule has 4 aliphatic carbocycles. The highest BCUT2D eigenvalue weighted by Gasteiger charge is 2.67. The van der Waals surface area contributed by atoms with Crippen molar-refractivity contribution in [3.05, 3.63) is 33.9 Å². The molecular weight excluding hydrogens is 512 g/mol. The molecule has 0 radical (unpaired) electrons. The summed E-state index contributed by atoms with van der Waals surface area (Å²) in [4.78, 5) is 63.4. The average molecular weight is 549 g/mol. The minimum atomic E-state index is -1.78. The van der Waals surface area contributed by atoms with Crippen molar-refractivity contribution in [2.24, 2.45) is 28.6 Å². The highest BCUT2D eigenvalue weighted by molar-refractivity contribution is 5.93. The number of aliphatic hydroxyl groups excluding tert-OH is 1. The Hall–Kier alpha value is -3.12. The van der Waals surface area contributed by atoms with E-state index >= 15 is 0 Å². The summed E-state index contributed by atoms with van der Waals surface area (Å²) in [6.07, 6.45) is 6.76. The molecule has 0 heterocycles. The van der Waals surface area contributed by atoms with E-state index < -0.39 is 58.4 Å². The molecule has 7 atom stereocenters. The number of esters is 1. The van der Waals surface area contributed by atoms with Crippen molar-refractivity contribution in [1.82, 2.24) is 5.32 Å². The lowest BCUT2D eigenvalue weighted by Gasteiger charge is -2.58. The Labute approximate surface area is 225 Å². The van der Waals surface area contributed by atoms with Crippen molar-refractivity contribution < 1.29 is 44.1 Å². The first-order valence-corrected chi connectivity index (χ1v) is 13.4. The first kappa shape index (κ1) is 28.9. The number of amides is 1. The second-order valence-corrected chi connectivity index (χ2v) is 11.6. The smallest absolute Gasteiger partial charge is 0.325 e. The van der Waals surface area contributed by atoms with Gasteiger partial charge in [-0.2, -0.15) is 0 Å². The van der Waals surface area contributed by atoms with Gasteiger partial charge in [-0.15, -0.1) is 10.1 Å². The van der Waals surface area contributed by atoms with Gasteiger partial charge in [0.05, 0.1) is 12.7 Å². The van der Waals surface area contributed by atoms with Gasteiger partial charge in [0.15, 0.2) is 12.4 Å². The first-order valence-electron chi connectivity index (χ1n) is 13.4. The molecule has 2 fully saturated rings. The monoisotopic (exact) mass is 548 g/mol. The largest absolute Gasteiger partial charge is 0.456 e. The Balaban J connectivity index is 1.35. The number of hydrogen-bond donors (Lipinski definition) is 3. The molecule has 39 heavy (non-hydrogen) atoms. The summed E-state index contributed by atoms with van der Waals surface area (Å²) in [5.74, 6) is -2.15. The number of fused-ring (bicyclic) bond motifs is 5. The number of nitrogens with zero attached hydrogens (tertiary/aromatic N) is 1. The number of nitrogens with one attached hydrogen (secondary N) is 1. The molecule has 0 aromatic heterocycles. The first-order chi connectivity index (χ1) is 18.3. The second kappa shape index (κ2) is 10.8. The Bertz CT molecular complexity index is 1120. The van der Waals surface area contributed by atoms with Gasteiger partial charge in [-0.05, 0) is 50.0 Å². The number of Topliss-reactive ketones (excluding diaryl/α,β-unsaturated/α-hetero) is 1. The Kier molecular flexibility index (Phi) is 8.00. The van der Waals surface area contributed by atoms with Gasteiger partial charge < -0.3 is 25.1 Å². The molecule has 4 rings (SSSR count). The summed E-state index contributed by atoms with van der Waals surface area (Å²) in [6.45, 7) is 2.47. The highest BCUT2D eigenvalue weighted by atomic mass is 16.9. The van der Waals surface area contributed by atoms with Crippen molar-refractivity contribution in [3.8, 4) is 0 Å². The molecule has 0 unspecified atom stereocenters. The number of aliphatic hydroxyl groups is 2. The molecular formula is C27H36N2O10. The summed E-state index contributed by atoms with van der Waals surface area (Å²) in [5, 5.41) is 34.6. The zero-order valence-electron chi connectivity index (χ0n) is 22.2. The van der Waals surface area contributed by atoms with Gasteiger partial charge in [0.2, 0.25) is 11.7 Å². The van der Waals surface area contributed by atoms with Gasteiger partial charge in [-0.25, -0.2) is 0 Å². The maximum atomic E-state index is 13.3. The van der Waals surface area contributed by atoms with Gasteiger partial charge >= 0.3 is 5.97 Å². The fourth-order valence-electron chi connectivity index (χ4n) is 7.65. The number of rotatable bonds is 10. The minimum Gasteiger partial charge on any atom is -0.456 e. The van der Waals surface area contributed by atoms with Crippen LogP contribution in [0.1, 0.15) is 58.8 Å². The van der Waals surface area contributed by atoms with Gasteiger partial charge in [0.25, 0.3) is 5.09 Å². The van der Waals surface area contributed by atoms with Crippen LogP contribution in [0.3, 0.4) is 0 Å². The lowest BCUT2D eigenvalue weighted by atomic mass is 9.47. The molecule has 12 heteroatoms. The second-order valence-electron chi connectivity index (χ2n) is 11.6. The standard InChI is InChI=1S/C27H36N2O10/c1-25-9-7-17(30)12-16(25)5-6-18-19-8-10-27(35,26(19,2)13-20(31)24(18)25)21(32)15-38-23(34)14-28-22(33)4-3-11-39-29(36)37/h5,7,9,18-20,24,31,35H,3-4,6,8,10-15H2,1-2H3,(H,28,33)/t18-,19-,20-,24+,25-,26-,27-/m0/s1. The van der Waals surface area contributed by atoms with Gasteiger partial charge in [-0.3, -0.25) is 19.2 Å². The summed E-state index contributed by atoms with van der Waals surface area (Å²) in [7, 11) is 0. The Morgan fingerprint density at radius 3 is 2.74 bits per heavy atom. The molecule has 12 nitrogen and oxygen atoms in total. The lowest BCUT2D eigenvalue weighted by Crippen LogP contribution is -2.61. The van der Waals surface area contributed by atoms with Gasteiger partial charge in [0, 0.05) is 29.6 Å².